The smallest absolute Gasteiger partial charge is 0.321 e. The van der Waals surface area contributed by atoms with Gasteiger partial charge in [-0.2, -0.15) is 0 Å². The third-order valence-corrected chi connectivity index (χ3v) is 4.85. The monoisotopic (exact) mass is 444 g/mol. The Morgan fingerprint density at radius 1 is 1.28 bits per heavy atom. The van der Waals surface area contributed by atoms with Crippen molar-refractivity contribution >= 4 is 50.9 Å². The van der Waals surface area contributed by atoms with Gasteiger partial charge in [0.05, 0.1) is 21.1 Å². The lowest BCUT2D eigenvalue weighted by Crippen LogP contribution is -2.46. The molecule has 0 radical (unpaired) electrons. The molecule has 9 heteroatoms. The van der Waals surface area contributed by atoms with Gasteiger partial charge in [-0.25, -0.2) is 14.8 Å². The van der Waals surface area contributed by atoms with Gasteiger partial charge in [-0.3, -0.25) is 0 Å². The molecule has 0 spiro atoms. The van der Waals surface area contributed by atoms with E-state index >= 15 is 0 Å². The lowest BCUT2D eigenvalue weighted by molar-refractivity contribution is 0.0983. The number of hydrogen-bond donors (Lipinski definition) is 1. The van der Waals surface area contributed by atoms with E-state index in [-0.39, 0.29) is 12.1 Å². The van der Waals surface area contributed by atoms with Crippen molar-refractivity contribution in [2.45, 2.75) is 18.9 Å². The number of aromatic nitrogens is 2. The fourth-order valence-corrected chi connectivity index (χ4v) is 3.01. The lowest BCUT2D eigenvalue weighted by Gasteiger charge is -2.32. The first-order chi connectivity index (χ1) is 12.0. The fraction of sp³-hybridized carbons (Fsp3) is 0.312. The molecule has 132 valence electrons. The number of nitrogens with one attached hydrogen (secondary N) is 1. The van der Waals surface area contributed by atoms with Crippen molar-refractivity contribution in [3.8, 4) is 6.01 Å². The largest absolute Gasteiger partial charge is 0.458 e. The summed E-state index contributed by atoms with van der Waals surface area (Å²) in [6.45, 7) is 1.13. The Bertz CT molecular complexity index is 760. The predicted octanol–water partition coefficient (Wildman–Crippen LogP) is 4.62. The number of benzene rings is 1. The maximum Gasteiger partial charge on any atom is 0.321 e. The summed E-state index contributed by atoms with van der Waals surface area (Å²) in [7, 11) is 0. The molecule has 1 aromatic carbocycles. The SMILES string of the molecule is O=C(Nc1ccc(Cl)c(Cl)c1)N1CCC[C@H](Oc2ncc(Br)cn2)C1. The number of likely N-dealkylation sites (tertiary alicyclic amines) is 1. The first-order valence-corrected chi connectivity index (χ1v) is 9.21. The quantitative estimate of drug-likeness (QED) is 0.748. The van der Waals surface area contributed by atoms with E-state index in [1.165, 1.54) is 0 Å². The molecule has 0 aliphatic carbocycles. The van der Waals surface area contributed by atoms with E-state index < -0.39 is 0 Å². The molecule has 1 aliphatic heterocycles. The number of urea groups is 1. The van der Waals surface area contributed by atoms with E-state index in [0.717, 1.165) is 17.3 Å². The zero-order chi connectivity index (χ0) is 17.8. The van der Waals surface area contributed by atoms with Gasteiger partial charge in [0.2, 0.25) is 0 Å². The highest BCUT2D eigenvalue weighted by Crippen LogP contribution is 2.25. The maximum atomic E-state index is 12.5. The van der Waals surface area contributed by atoms with Crippen LogP contribution < -0.4 is 10.1 Å². The van der Waals surface area contributed by atoms with Crippen LogP contribution >= 0.6 is 39.1 Å². The molecule has 2 heterocycles. The number of ether oxygens (including phenoxy) is 1. The second kappa shape index (κ2) is 8.21. The molecule has 25 heavy (non-hydrogen) atoms. The molecule has 1 N–H and O–H groups in total. The van der Waals surface area contributed by atoms with Gasteiger partial charge in [-0.05, 0) is 47.0 Å². The van der Waals surface area contributed by atoms with Crippen LogP contribution in [0.1, 0.15) is 12.8 Å². The third-order valence-electron chi connectivity index (χ3n) is 3.70. The minimum Gasteiger partial charge on any atom is -0.458 e. The molecule has 0 bridgehead atoms. The van der Waals surface area contributed by atoms with Crippen LogP contribution in [0, 0.1) is 0 Å². The van der Waals surface area contributed by atoms with Gasteiger partial charge in [0, 0.05) is 24.6 Å². The summed E-state index contributed by atoms with van der Waals surface area (Å²) in [6, 6.07) is 5.07. The van der Waals surface area contributed by atoms with Crippen LogP contribution in [0.4, 0.5) is 10.5 Å². The average Bonchev–Trinajstić information content (AvgIpc) is 2.60. The van der Waals surface area contributed by atoms with Crippen LogP contribution in [0.25, 0.3) is 0 Å². The van der Waals surface area contributed by atoms with Crippen molar-refractivity contribution in [1.82, 2.24) is 14.9 Å². The number of halogens is 3. The molecule has 2 aromatic rings. The van der Waals surface area contributed by atoms with Crippen molar-refractivity contribution in [3.63, 3.8) is 0 Å². The topological polar surface area (TPSA) is 67.4 Å². The van der Waals surface area contributed by atoms with Crippen LogP contribution in [0.2, 0.25) is 10.0 Å². The zero-order valence-corrected chi connectivity index (χ0v) is 16.2. The van der Waals surface area contributed by atoms with E-state index in [9.17, 15) is 4.79 Å². The van der Waals surface area contributed by atoms with Gasteiger partial charge in [0.25, 0.3) is 0 Å². The standard InChI is InChI=1S/C16H15BrCl2N4O2/c17-10-7-20-15(21-8-10)25-12-2-1-5-23(9-12)16(24)22-11-3-4-13(18)14(19)6-11/h3-4,6-8,12H,1-2,5,9H2,(H,22,24)/t12-/m0/s1. The van der Waals surface area contributed by atoms with Gasteiger partial charge in [0.1, 0.15) is 6.10 Å². The summed E-state index contributed by atoms with van der Waals surface area (Å²) in [5.41, 5.74) is 0.596. The highest BCUT2D eigenvalue weighted by Gasteiger charge is 2.25. The molecule has 1 saturated heterocycles. The van der Waals surface area contributed by atoms with Crippen LogP contribution in [-0.2, 0) is 0 Å². The second-order valence-corrected chi connectivity index (χ2v) is 7.30. The molecule has 1 aliphatic rings. The molecular formula is C16H15BrCl2N4O2. The minimum absolute atomic E-state index is 0.144. The molecule has 2 amide bonds. The van der Waals surface area contributed by atoms with Gasteiger partial charge in [-0.1, -0.05) is 23.2 Å². The number of piperidine rings is 1. The second-order valence-electron chi connectivity index (χ2n) is 5.57. The maximum absolute atomic E-state index is 12.5. The van der Waals surface area contributed by atoms with Crippen molar-refractivity contribution in [1.29, 1.82) is 0 Å². The Hall–Kier alpha value is -1.57. The van der Waals surface area contributed by atoms with E-state index in [1.54, 1.807) is 35.5 Å². The van der Waals surface area contributed by atoms with E-state index in [0.29, 0.717) is 34.8 Å². The summed E-state index contributed by atoms with van der Waals surface area (Å²) in [5, 5.41) is 3.66. The van der Waals surface area contributed by atoms with E-state index in [2.05, 4.69) is 31.2 Å². The molecule has 1 atom stereocenters. The van der Waals surface area contributed by atoms with Crippen molar-refractivity contribution in [2.75, 3.05) is 18.4 Å². The van der Waals surface area contributed by atoms with Crippen molar-refractivity contribution in [3.05, 3.63) is 45.1 Å². The normalized spacial score (nSPS) is 17.2. The predicted molar refractivity (Wildman–Crippen MR) is 100 cm³/mol. The molecule has 3 rings (SSSR count). The number of anilines is 1. The zero-order valence-electron chi connectivity index (χ0n) is 13.1. The van der Waals surface area contributed by atoms with Crippen LogP contribution in [0.3, 0.4) is 0 Å². The number of carbonyl (C=O) groups excluding carboxylic acids is 1. The summed E-state index contributed by atoms with van der Waals surface area (Å²) < 4.78 is 6.56. The summed E-state index contributed by atoms with van der Waals surface area (Å²) in [4.78, 5) is 22.4. The highest BCUT2D eigenvalue weighted by atomic mass is 79.9. The summed E-state index contributed by atoms with van der Waals surface area (Å²) in [6.07, 6.45) is 4.79. The summed E-state index contributed by atoms with van der Waals surface area (Å²) >= 11 is 15.1. The molecule has 6 nitrogen and oxygen atoms in total. The average molecular weight is 446 g/mol. The van der Waals surface area contributed by atoms with Crippen LogP contribution in [0.15, 0.2) is 35.1 Å². The lowest BCUT2D eigenvalue weighted by atomic mass is 10.1. The first-order valence-electron chi connectivity index (χ1n) is 7.66. The van der Waals surface area contributed by atoms with Gasteiger partial charge in [-0.15, -0.1) is 0 Å². The van der Waals surface area contributed by atoms with Crippen LogP contribution in [-0.4, -0.2) is 40.1 Å². The number of nitrogens with zero attached hydrogens (tertiary/aromatic N) is 3. The Morgan fingerprint density at radius 3 is 2.76 bits per heavy atom. The Morgan fingerprint density at radius 2 is 2.04 bits per heavy atom. The van der Waals surface area contributed by atoms with Gasteiger partial charge in [0.15, 0.2) is 0 Å². The Kier molecular flexibility index (Phi) is 5.98. The fourth-order valence-electron chi connectivity index (χ4n) is 2.51. The Balaban J connectivity index is 1.59. The third kappa shape index (κ3) is 4.96. The van der Waals surface area contributed by atoms with E-state index in [4.69, 9.17) is 27.9 Å². The first kappa shape index (κ1) is 18.2. The minimum atomic E-state index is -0.205. The van der Waals surface area contributed by atoms with Gasteiger partial charge < -0.3 is 15.0 Å². The molecule has 1 aromatic heterocycles. The Labute approximate surface area is 163 Å². The molecule has 0 unspecified atom stereocenters. The number of carbonyl (C=O) groups is 1. The van der Waals surface area contributed by atoms with E-state index in [1.807, 2.05) is 0 Å². The molecule has 0 saturated carbocycles. The van der Waals surface area contributed by atoms with Crippen molar-refractivity contribution in [2.24, 2.45) is 0 Å². The highest BCUT2D eigenvalue weighted by molar-refractivity contribution is 9.10. The van der Waals surface area contributed by atoms with Crippen molar-refractivity contribution < 1.29 is 9.53 Å². The number of hydrogen-bond acceptors (Lipinski definition) is 4. The number of amides is 2. The summed E-state index contributed by atoms with van der Waals surface area (Å²) in [5.74, 6) is 0. The molecular weight excluding hydrogens is 431 g/mol. The number of rotatable bonds is 3. The van der Waals surface area contributed by atoms with Crippen LogP contribution in [0.5, 0.6) is 6.01 Å². The molecule has 1 fully saturated rings. The van der Waals surface area contributed by atoms with Gasteiger partial charge >= 0.3 is 12.0 Å².